The molecule has 0 aromatic carbocycles. The van der Waals surface area contributed by atoms with E-state index in [0.717, 1.165) is 0 Å². The molecule has 0 bridgehead atoms. The summed E-state index contributed by atoms with van der Waals surface area (Å²) in [5.74, 6) is 2.54. The maximum absolute atomic E-state index is 11.6. The zero-order valence-electron chi connectivity index (χ0n) is 12.7. The third-order valence-electron chi connectivity index (χ3n) is 3.43. The largest absolute Gasteiger partial charge is 0.479 e. The van der Waals surface area contributed by atoms with Crippen LogP contribution in [0.15, 0.2) is 0 Å². The number of aliphatic carboxylic acids is 1. The highest BCUT2D eigenvalue weighted by molar-refractivity contribution is 5.76. The number of carboxylic acids is 1. The maximum atomic E-state index is 11.6. The van der Waals surface area contributed by atoms with Crippen LogP contribution in [0.2, 0.25) is 0 Å². The van der Waals surface area contributed by atoms with E-state index in [1.807, 2.05) is 5.43 Å². The zero-order chi connectivity index (χ0) is 18.3. The fraction of sp³-hybridized carbons (Fsp3) is 0.750. The first-order chi connectivity index (χ1) is 11.3. The van der Waals surface area contributed by atoms with Gasteiger partial charge in [-0.3, -0.25) is 20.4 Å². The van der Waals surface area contributed by atoms with Gasteiger partial charge < -0.3 is 25.2 Å². The number of hydrogen-bond acceptors (Lipinski definition) is 9. The van der Waals surface area contributed by atoms with Crippen molar-refractivity contribution < 1.29 is 39.5 Å². The molecular weight excluding hydrogens is 328 g/mol. The Hall–Kier alpha value is -1.83. The van der Waals surface area contributed by atoms with Crippen LogP contribution in [0.25, 0.3) is 0 Å². The van der Waals surface area contributed by atoms with Gasteiger partial charge in [-0.25, -0.2) is 16.1 Å². The summed E-state index contributed by atoms with van der Waals surface area (Å²) in [7, 11) is 0. The van der Waals surface area contributed by atoms with Crippen LogP contribution in [0.4, 0.5) is 0 Å². The van der Waals surface area contributed by atoms with Crippen molar-refractivity contribution in [3.63, 3.8) is 0 Å². The molecule has 12 nitrogen and oxygen atoms in total. The topological polar surface area (TPSA) is 203 Å². The minimum absolute atomic E-state index is 0.0568. The lowest BCUT2D eigenvalue weighted by Crippen LogP contribution is -2.65. The lowest BCUT2D eigenvalue weighted by Gasteiger charge is -2.38. The predicted octanol–water partition coefficient (Wildman–Crippen LogP) is -3.95. The van der Waals surface area contributed by atoms with Gasteiger partial charge in [-0.15, -0.1) is 0 Å². The number of hydrogen-bond donors (Lipinski definition) is 8. The van der Waals surface area contributed by atoms with Crippen LogP contribution in [0.5, 0.6) is 0 Å². The average molecular weight is 350 g/mol. The highest BCUT2D eigenvalue weighted by atomic mass is 16.6. The van der Waals surface area contributed by atoms with E-state index in [0.29, 0.717) is 12.8 Å². The van der Waals surface area contributed by atoms with Crippen molar-refractivity contribution >= 4 is 17.8 Å². The normalized spacial score (nSPS) is 29.8. The van der Waals surface area contributed by atoms with E-state index in [4.69, 9.17) is 15.7 Å². The Kier molecular flexibility index (Phi) is 7.97. The van der Waals surface area contributed by atoms with Crippen LogP contribution in [0, 0.1) is 0 Å². The van der Waals surface area contributed by atoms with Gasteiger partial charge in [-0.1, -0.05) is 0 Å². The molecule has 0 aromatic rings. The van der Waals surface area contributed by atoms with Crippen LogP contribution >= 0.6 is 0 Å². The third kappa shape index (κ3) is 5.67. The van der Waals surface area contributed by atoms with E-state index in [-0.39, 0.29) is 18.7 Å². The molecule has 0 saturated carbocycles. The summed E-state index contributed by atoms with van der Waals surface area (Å²) in [6, 6.07) is 0. The molecule has 1 aliphatic heterocycles. The first-order valence-corrected chi connectivity index (χ1v) is 7.24. The number of ether oxygens (including phenoxy) is 1. The minimum Gasteiger partial charge on any atom is -0.479 e. The molecule has 0 aliphatic carbocycles. The van der Waals surface area contributed by atoms with Gasteiger partial charge in [0.05, 0.1) is 0 Å². The van der Waals surface area contributed by atoms with Crippen molar-refractivity contribution in [2.75, 3.05) is 0 Å². The van der Waals surface area contributed by atoms with Crippen LogP contribution < -0.4 is 22.1 Å². The summed E-state index contributed by atoms with van der Waals surface area (Å²) < 4.78 is 4.91. The highest BCUT2D eigenvalue weighted by Gasteiger charge is 2.46. The van der Waals surface area contributed by atoms with E-state index >= 15 is 0 Å². The first-order valence-electron chi connectivity index (χ1n) is 7.24. The number of aliphatic hydroxyl groups excluding tert-OH is 3. The van der Waals surface area contributed by atoms with Crippen molar-refractivity contribution in [1.29, 1.82) is 0 Å². The molecule has 2 amide bonds. The molecule has 1 fully saturated rings. The van der Waals surface area contributed by atoms with Gasteiger partial charge in [0, 0.05) is 12.8 Å². The Labute approximate surface area is 136 Å². The molecule has 9 N–H and O–H groups in total. The zero-order valence-corrected chi connectivity index (χ0v) is 12.7. The van der Waals surface area contributed by atoms with Crippen LogP contribution in [0.3, 0.4) is 0 Å². The molecule has 12 heteroatoms. The minimum atomic E-state index is -1.81. The monoisotopic (exact) mass is 350 g/mol. The van der Waals surface area contributed by atoms with E-state index in [9.17, 15) is 29.7 Å². The standard InChI is InChI=1S/C12H22N4O8/c13-14-5(17)3-1-2-4-6(18)15-16-11-9(21)7(19)8(20)10(24-11)12(22)23/h7-11,16,19-21H,1-4,13H2,(H,14,17)(H,15,18)(H,22,23). The van der Waals surface area contributed by atoms with E-state index in [2.05, 4.69) is 10.9 Å². The number of aliphatic hydroxyl groups is 3. The summed E-state index contributed by atoms with van der Waals surface area (Å²) in [5, 5.41) is 37.7. The highest BCUT2D eigenvalue weighted by Crippen LogP contribution is 2.19. The van der Waals surface area contributed by atoms with Gasteiger partial charge in [0.1, 0.15) is 18.3 Å². The summed E-state index contributed by atoms with van der Waals surface area (Å²) >= 11 is 0. The quantitative estimate of drug-likeness (QED) is 0.0923. The second-order valence-corrected chi connectivity index (χ2v) is 5.25. The third-order valence-corrected chi connectivity index (χ3v) is 3.43. The number of nitrogens with two attached hydrogens (primary N) is 1. The summed E-state index contributed by atoms with van der Waals surface area (Å²) in [6.45, 7) is 0. The Morgan fingerprint density at radius 1 is 0.958 bits per heavy atom. The summed E-state index contributed by atoms with van der Waals surface area (Å²) in [6.07, 6.45) is -7.33. The first kappa shape index (κ1) is 20.2. The molecule has 0 aromatic heterocycles. The number of unbranched alkanes of at least 4 members (excludes halogenated alkanes) is 1. The molecule has 5 atom stereocenters. The lowest BCUT2D eigenvalue weighted by molar-refractivity contribution is -0.235. The summed E-state index contributed by atoms with van der Waals surface area (Å²) in [4.78, 5) is 33.4. The van der Waals surface area contributed by atoms with Crippen molar-refractivity contribution in [2.45, 2.75) is 56.3 Å². The van der Waals surface area contributed by atoms with Gasteiger partial charge in [0.2, 0.25) is 11.8 Å². The number of carbonyl (C=O) groups excluding carboxylic acids is 2. The molecule has 1 aliphatic rings. The predicted molar refractivity (Wildman–Crippen MR) is 76.4 cm³/mol. The number of carboxylic acid groups (broad SMARTS) is 1. The van der Waals surface area contributed by atoms with E-state index < -0.39 is 42.5 Å². The Bertz CT molecular complexity index is 462. The number of carbonyl (C=O) groups is 3. The Balaban J connectivity index is 2.38. The van der Waals surface area contributed by atoms with Gasteiger partial charge in [0.25, 0.3) is 0 Å². The number of rotatable bonds is 8. The molecule has 24 heavy (non-hydrogen) atoms. The molecule has 1 heterocycles. The van der Waals surface area contributed by atoms with Crippen LogP contribution in [-0.2, 0) is 19.1 Å². The van der Waals surface area contributed by atoms with E-state index in [1.54, 1.807) is 0 Å². The fourth-order valence-electron chi connectivity index (χ4n) is 2.06. The van der Waals surface area contributed by atoms with Crippen LogP contribution in [0.1, 0.15) is 25.7 Å². The molecular formula is C12H22N4O8. The van der Waals surface area contributed by atoms with Crippen molar-refractivity contribution in [2.24, 2.45) is 5.84 Å². The SMILES string of the molecule is NNC(=O)CCCCC(=O)NNC1OC(C(=O)O)C(O)C(O)C1O. The second kappa shape index (κ2) is 9.46. The van der Waals surface area contributed by atoms with Crippen LogP contribution in [-0.4, -0.2) is 68.9 Å². The molecule has 1 saturated heterocycles. The average Bonchev–Trinajstić information content (AvgIpc) is 2.55. The second-order valence-electron chi connectivity index (χ2n) is 5.25. The Morgan fingerprint density at radius 3 is 2.08 bits per heavy atom. The number of nitrogens with one attached hydrogen (secondary N) is 3. The van der Waals surface area contributed by atoms with Crippen molar-refractivity contribution in [1.82, 2.24) is 16.3 Å². The lowest BCUT2D eigenvalue weighted by atomic mass is 9.98. The molecule has 1 rings (SSSR count). The van der Waals surface area contributed by atoms with Gasteiger partial charge in [-0.05, 0) is 12.8 Å². The maximum Gasteiger partial charge on any atom is 0.335 e. The van der Waals surface area contributed by atoms with Gasteiger partial charge in [0.15, 0.2) is 12.3 Å². The summed E-state index contributed by atoms with van der Waals surface area (Å²) in [5.41, 5.74) is 6.42. The molecule has 0 spiro atoms. The van der Waals surface area contributed by atoms with Gasteiger partial charge >= 0.3 is 5.97 Å². The Morgan fingerprint density at radius 2 is 1.54 bits per heavy atom. The number of amides is 2. The fourth-order valence-corrected chi connectivity index (χ4v) is 2.06. The molecule has 5 unspecified atom stereocenters. The molecule has 138 valence electrons. The van der Waals surface area contributed by atoms with E-state index in [1.165, 1.54) is 0 Å². The van der Waals surface area contributed by atoms with Crippen molar-refractivity contribution in [3.8, 4) is 0 Å². The van der Waals surface area contributed by atoms with Gasteiger partial charge in [-0.2, -0.15) is 0 Å². The molecule has 0 radical (unpaired) electrons. The number of hydrazine groups is 2. The van der Waals surface area contributed by atoms with Crippen molar-refractivity contribution in [3.05, 3.63) is 0 Å². The smallest absolute Gasteiger partial charge is 0.335 e.